The molecule has 1 aromatic carbocycles. The van der Waals surface area contributed by atoms with Gasteiger partial charge >= 0.3 is 5.97 Å². The van der Waals surface area contributed by atoms with Crippen LogP contribution >= 0.6 is 0 Å². The molecule has 10 heteroatoms. The van der Waals surface area contributed by atoms with Crippen molar-refractivity contribution in [3.63, 3.8) is 0 Å². The van der Waals surface area contributed by atoms with Gasteiger partial charge in [0, 0.05) is 38.0 Å². The van der Waals surface area contributed by atoms with Crippen molar-refractivity contribution in [1.82, 2.24) is 24.3 Å². The molecule has 0 saturated carbocycles. The number of methoxy groups -OCH3 is 1. The van der Waals surface area contributed by atoms with Crippen molar-refractivity contribution in [3.8, 4) is 17.1 Å². The van der Waals surface area contributed by atoms with Crippen molar-refractivity contribution in [1.29, 1.82) is 0 Å². The standard InChI is InChI=1S/C25H28N6O4/c1-17-5-4-6-18(13-17)19-7-8-31(28-19)21-14-20(30-9-11-34-12-10-30)24-25(27-21)29(2)22(26-24)15-35-16-23(32)33-3/h4-8,13-14H,9-12,15-16H2,1-3H3. The maximum Gasteiger partial charge on any atom is 0.331 e. The molecule has 5 rings (SSSR count). The number of esters is 1. The molecule has 4 heterocycles. The second-order valence-electron chi connectivity index (χ2n) is 8.44. The van der Waals surface area contributed by atoms with Crippen molar-refractivity contribution in [2.75, 3.05) is 44.9 Å². The minimum absolute atomic E-state index is 0.135. The number of aromatic nitrogens is 5. The van der Waals surface area contributed by atoms with Crippen LogP contribution < -0.4 is 4.90 Å². The minimum Gasteiger partial charge on any atom is -0.467 e. The molecule has 182 valence electrons. The van der Waals surface area contributed by atoms with Gasteiger partial charge in [-0.1, -0.05) is 23.8 Å². The molecule has 0 N–H and O–H groups in total. The molecule has 1 saturated heterocycles. The van der Waals surface area contributed by atoms with Crippen LogP contribution in [0.1, 0.15) is 11.4 Å². The molecule has 0 amide bonds. The quantitative estimate of drug-likeness (QED) is 0.376. The number of carbonyl (C=O) groups excluding carboxylic acids is 1. The third kappa shape index (κ3) is 4.75. The number of aryl methyl sites for hydroxylation is 2. The van der Waals surface area contributed by atoms with Gasteiger partial charge in [-0.3, -0.25) is 0 Å². The summed E-state index contributed by atoms with van der Waals surface area (Å²) in [6.45, 7) is 4.93. The van der Waals surface area contributed by atoms with Gasteiger partial charge in [-0.2, -0.15) is 5.10 Å². The second-order valence-corrected chi connectivity index (χ2v) is 8.44. The first-order valence-corrected chi connectivity index (χ1v) is 11.5. The monoisotopic (exact) mass is 476 g/mol. The van der Waals surface area contributed by atoms with E-state index in [-0.39, 0.29) is 13.2 Å². The Bertz CT molecular complexity index is 1360. The van der Waals surface area contributed by atoms with E-state index in [1.807, 2.05) is 36.0 Å². The summed E-state index contributed by atoms with van der Waals surface area (Å²) in [7, 11) is 3.23. The summed E-state index contributed by atoms with van der Waals surface area (Å²) < 4.78 is 19.4. The molecule has 1 aliphatic rings. The summed E-state index contributed by atoms with van der Waals surface area (Å²) in [4.78, 5) is 23.4. The number of nitrogens with zero attached hydrogens (tertiary/aromatic N) is 6. The van der Waals surface area contributed by atoms with E-state index in [0.29, 0.717) is 30.5 Å². The fourth-order valence-corrected chi connectivity index (χ4v) is 4.15. The largest absolute Gasteiger partial charge is 0.467 e. The highest BCUT2D eigenvalue weighted by Crippen LogP contribution is 2.29. The SMILES string of the molecule is COC(=O)COCc1nc2c(N3CCOCC3)cc(-n3ccc(-c4cccc(C)c4)n3)nc2n1C. The zero-order valence-electron chi connectivity index (χ0n) is 20.1. The number of benzene rings is 1. The van der Waals surface area contributed by atoms with E-state index in [4.69, 9.17) is 24.5 Å². The molecular formula is C25H28N6O4. The Balaban J connectivity index is 1.54. The van der Waals surface area contributed by atoms with E-state index in [0.717, 1.165) is 35.6 Å². The van der Waals surface area contributed by atoms with Crippen LogP contribution in [0.2, 0.25) is 0 Å². The van der Waals surface area contributed by atoms with Crippen LogP contribution in [-0.4, -0.2) is 70.3 Å². The number of hydrogen-bond acceptors (Lipinski definition) is 8. The van der Waals surface area contributed by atoms with Crippen LogP contribution in [0.15, 0.2) is 42.6 Å². The zero-order chi connectivity index (χ0) is 24.4. The van der Waals surface area contributed by atoms with Gasteiger partial charge in [0.1, 0.15) is 24.6 Å². The fourth-order valence-electron chi connectivity index (χ4n) is 4.15. The maximum atomic E-state index is 11.4. The molecule has 0 atom stereocenters. The summed E-state index contributed by atoms with van der Waals surface area (Å²) in [6.07, 6.45) is 1.92. The molecule has 3 aromatic heterocycles. The van der Waals surface area contributed by atoms with Crippen molar-refractivity contribution < 1.29 is 19.0 Å². The summed E-state index contributed by atoms with van der Waals surface area (Å²) in [5.74, 6) is 0.938. The zero-order valence-corrected chi connectivity index (χ0v) is 20.1. The molecule has 35 heavy (non-hydrogen) atoms. The first-order valence-electron chi connectivity index (χ1n) is 11.5. The third-order valence-electron chi connectivity index (χ3n) is 6.05. The van der Waals surface area contributed by atoms with Gasteiger partial charge in [0.25, 0.3) is 0 Å². The smallest absolute Gasteiger partial charge is 0.331 e. The summed E-state index contributed by atoms with van der Waals surface area (Å²) >= 11 is 0. The van der Waals surface area contributed by atoms with Gasteiger partial charge < -0.3 is 23.7 Å². The van der Waals surface area contributed by atoms with Crippen molar-refractivity contribution >= 4 is 22.8 Å². The topological polar surface area (TPSA) is 96.5 Å². The summed E-state index contributed by atoms with van der Waals surface area (Å²) in [5, 5.41) is 4.80. The average molecular weight is 477 g/mol. The number of anilines is 1. The van der Waals surface area contributed by atoms with E-state index < -0.39 is 5.97 Å². The molecule has 10 nitrogen and oxygen atoms in total. The van der Waals surface area contributed by atoms with E-state index in [9.17, 15) is 4.79 Å². The predicted octanol–water partition coefficient (Wildman–Crippen LogP) is 2.66. The lowest BCUT2D eigenvalue weighted by molar-refractivity contribution is -0.146. The number of pyridine rings is 1. The Morgan fingerprint density at radius 3 is 2.74 bits per heavy atom. The van der Waals surface area contributed by atoms with E-state index >= 15 is 0 Å². The maximum absolute atomic E-state index is 11.4. The summed E-state index contributed by atoms with van der Waals surface area (Å²) in [5.41, 5.74) is 5.59. The second kappa shape index (κ2) is 9.85. The Morgan fingerprint density at radius 1 is 1.14 bits per heavy atom. The van der Waals surface area contributed by atoms with Crippen LogP contribution in [-0.2, 0) is 32.7 Å². The number of fused-ring (bicyclic) bond motifs is 1. The Hall–Kier alpha value is -3.76. The Labute approximate surface area is 203 Å². The highest BCUT2D eigenvalue weighted by molar-refractivity contribution is 5.88. The summed E-state index contributed by atoms with van der Waals surface area (Å²) in [6, 6.07) is 12.3. The molecular weight excluding hydrogens is 448 g/mol. The van der Waals surface area contributed by atoms with Crippen molar-refractivity contribution in [2.24, 2.45) is 7.05 Å². The van der Waals surface area contributed by atoms with Crippen LogP contribution in [0, 0.1) is 6.92 Å². The highest BCUT2D eigenvalue weighted by atomic mass is 16.6. The van der Waals surface area contributed by atoms with E-state index in [1.54, 1.807) is 4.68 Å². The minimum atomic E-state index is -0.429. The average Bonchev–Trinajstić information content (AvgIpc) is 3.49. The number of imidazole rings is 1. The van der Waals surface area contributed by atoms with Gasteiger partial charge in [-0.05, 0) is 19.1 Å². The predicted molar refractivity (Wildman–Crippen MR) is 131 cm³/mol. The number of morpholine rings is 1. The van der Waals surface area contributed by atoms with Crippen molar-refractivity contribution in [3.05, 3.63) is 54.0 Å². The number of carbonyl (C=O) groups is 1. The fraction of sp³-hybridized carbons (Fsp3) is 0.360. The van der Waals surface area contributed by atoms with Gasteiger partial charge in [0.15, 0.2) is 11.5 Å². The lowest BCUT2D eigenvalue weighted by Gasteiger charge is -2.29. The molecule has 0 spiro atoms. The van der Waals surface area contributed by atoms with Crippen LogP contribution in [0.25, 0.3) is 28.2 Å². The van der Waals surface area contributed by atoms with Gasteiger partial charge in [0.2, 0.25) is 0 Å². The van der Waals surface area contributed by atoms with E-state index in [1.165, 1.54) is 12.7 Å². The lowest BCUT2D eigenvalue weighted by Crippen LogP contribution is -2.36. The third-order valence-corrected chi connectivity index (χ3v) is 6.05. The van der Waals surface area contributed by atoms with E-state index in [2.05, 4.69) is 34.8 Å². The molecule has 1 fully saturated rings. The van der Waals surface area contributed by atoms with Gasteiger partial charge in [-0.15, -0.1) is 0 Å². The molecule has 0 unspecified atom stereocenters. The molecule has 0 radical (unpaired) electrons. The molecule has 4 aromatic rings. The van der Waals surface area contributed by atoms with Crippen LogP contribution in [0.5, 0.6) is 0 Å². The number of hydrogen-bond donors (Lipinski definition) is 0. The highest BCUT2D eigenvalue weighted by Gasteiger charge is 2.21. The molecule has 1 aliphatic heterocycles. The number of rotatable bonds is 7. The molecule has 0 bridgehead atoms. The number of ether oxygens (including phenoxy) is 3. The normalized spacial score (nSPS) is 14.0. The van der Waals surface area contributed by atoms with Gasteiger partial charge in [-0.25, -0.2) is 19.4 Å². The Morgan fingerprint density at radius 2 is 1.97 bits per heavy atom. The van der Waals surface area contributed by atoms with Gasteiger partial charge in [0.05, 0.1) is 31.7 Å². The first-order chi connectivity index (χ1) is 17.0. The lowest BCUT2D eigenvalue weighted by atomic mass is 10.1. The van der Waals surface area contributed by atoms with Crippen LogP contribution in [0.3, 0.4) is 0 Å². The first kappa shape index (κ1) is 23.0. The molecule has 0 aliphatic carbocycles. The van der Waals surface area contributed by atoms with Crippen molar-refractivity contribution in [2.45, 2.75) is 13.5 Å². The van der Waals surface area contributed by atoms with Crippen LogP contribution in [0.4, 0.5) is 5.69 Å². The Kier molecular flexibility index (Phi) is 6.47.